The van der Waals surface area contributed by atoms with E-state index in [1.165, 1.54) is 18.5 Å². The molecule has 2 rings (SSSR count). The van der Waals surface area contributed by atoms with Gasteiger partial charge in [0.25, 0.3) is 0 Å². The Labute approximate surface area is 186 Å². The third-order valence-electron chi connectivity index (χ3n) is 6.98. The Morgan fingerprint density at radius 2 is 1.65 bits per heavy atom. The molecule has 0 unspecified atom stereocenters. The van der Waals surface area contributed by atoms with E-state index in [1.807, 2.05) is 33.9 Å². The molecule has 0 bridgehead atoms. The normalized spacial score (nSPS) is 25.1. The number of alkyl halides is 2. The van der Waals surface area contributed by atoms with E-state index in [4.69, 9.17) is 13.6 Å². The van der Waals surface area contributed by atoms with E-state index in [2.05, 4.69) is 38.8 Å². The molecule has 1 aliphatic rings. The maximum Gasteiger partial charge on any atom is 0.349 e. The summed E-state index contributed by atoms with van der Waals surface area (Å²) in [6.45, 7) is 20.2. The van der Waals surface area contributed by atoms with Crippen LogP contribution in [0, 0.1) is 0 Å². The maximum atomic E-state index is 15.7. The molecule has 10 heteroatoms. The van der Waals surface area contributed by atoms with Crippen LogP contribution in [0.25, 0.3) is 0 Å². The molecule has 1 saturated heterocycles. The second-order valence-electron chi connectivity index (χ2n) is 11.4. The van der Waals surface area contributed by atoms with E-state index in [0.717, 1.165) is 4.57 Å². The van der Waals surface area contributed by atoms with Gasteiger partial charge in [0.2, 0.25) is 6.23 Å². The van der Waals surface area contributed by atoms with Crippen LogP contribution in [0.15, 0.2) is 23.3 Å². The molecule has 0 N–H and O–H groups in total. The van der Waals surface area contributed by atoms with Crippen LogP contribution in [0.4, 0.5) is 8.78 Å². The largest absolute Gasteiger partial charge is 0.414 e. The van der Waals surface area contributed by atoms with Crippen LogP contribution < -0.4 is 5.69 Å². The predicted octanol–water partition coefficient (Wildman–Crippen LogP) is 5.19. The zero-order valence-corrected chi connectivity index (χ0v) is 22.5. The number of aromatic nitrogens is 2. The Balaban J connectivity index is 2.42. The molecule has 0 amide bonds. The van der Waals surface area contributed by atoms with Crippen molar-refractivity contribution in [3.63, 3.8) is 0 Å². The van der Waals surface area contributed by atoms with Gasteiger partial charge in [0.05, 0.1) is 6.61 Å². The van der Waals surface area contributed by atoms with Gasteiger partial charge in [0.15, 0.2) is 16.6 Å². The fraction of sp³-hybridized carbons (Fsp3) is 0.810. The van der Waals surface area contributed by atoms with Crippen molar-refractivity contribution in [3.05, 3.63) is 28.9 Å². The second kappa shape index (κ2) is 8.44. The molecule has 0 aliphatic carbocycles. The SMILES string of the molecule is CC(C)(C)[Si](C)(C)OC[C@H]1O[C@@H](n2cccnc2=O)C(F)(F)[C@@H]1O[Si](C)(C)C(C)(C)C. The summed E-state index contributed by atoms with van der Waals surface area (Å²) >= 11 is 0. The van der Waals surface area contributed by atoms with Crippen molar-refractivity contribution in [2.45, 2.75) is 102 Å². The van der Waals surface area contributed by atoms with Gasteiger partial charge in [-0.1, -0.05) is 41.5 Å². The van der Waals surface area contributed by atoms with Gasteiger partial charge in [-0.25, -0.2) is 9.78 Å². The summed E-state index contributed by atoms with van der Waals surface area (Å²) in [5, 5.41) is -0.346. The fourth-order valence-corrected chi connectivity index (χ4v) is 5.11. The van der Waals surface area contributed by atoms with Crippen molar-refractivity contribution in [2.75, 3.05) is 6.61 Å². The summed E-state index contributed by atoms with van der Waals surface area (Å²) in [5.41, 5.74) is -0.788. The van der Waals surface area contributed by atoms with Crippen molar-refractivity contribution in [3.8, 4) is 0 Å². The highest BCUT2D eigenvalue weighted by Crippen LogP contribution is 2.48. The van der Waals surface area contributed by atoms with Gasteiger partial charge >= 0.3 is 11.6 Å². The Bertz CT molecular complexity index is 832. The molecule has 1 aromatic heterocycles. The monoisotopic (exact) mass is 476 g/mol. The smallest absolute Gasteiger partial charge is 0.349 e. The minimum atomic E-state index is -3.43. The number of ether oxygens (including phenoxy) is 1. The lowest BCUT2D eigenvalue weighted by Gasteiger charge is -2.41. The first kappa shape index (κ1) is 26.3. The third kappa shape index (κ3) is 5.35. The van der Waals surface area contributed by atoms with Crippen LogP contribution in [0.3, 0.4) is 0 Å². The maximum absolute atomic E-state index is 15.7. The molecule has 2 heterocycles. The van der Waals surface area contributed by atoms with Crippen LogP contribution in [-0.4, -0.2) is 50.9 Å². The summed E-state index contributed by atoms with van der Waals surface area (Å²) < 4.78 is 50.5. The van der Waals surface area contributed by atoms with Gasteiger partial charge < -0.3 is 13.6 Å². The molecule has 0 spiro atoms. The van der Waals surface area contributed by atoms with Crippen molar-refractivity contribution in [1.82, 2.24) is 9.55 Å². The van der Waals surface area contributed by atoms with Crippen molar-refractivity contribution >= 4 is 16.6 Å². The molecule has 1 fully saturated rings. The zero-order valence-electron chi connectivity index (χ0n) is 20.5. The molecule has 6 nitrogen and oxygen atoms in total. The van der Waals surface area contributed by atoms with Crippen molar-refractivity contribution in [1.29, 1.82) is 0 Å². The molecule has 178 valence electrons. The average molecular weight is 477 g/mol. The number of hydrogen-bond acceptors (Lipinski definition) is 5. The van der Waals surface area contributed by atoms with Gasteiger partial charge in [-0.3, -0.25) is 4.57 Å². The van der Waals surface area contributed by atoms with Crippen LogP contribution in [0.1, 0.15) is 47.8 Å². The Morgan fingerprint density at radius 1 is 1.10 bits per heavy atom. The van der Waals surface area contributed by atoms with E-state index in [9.17, 15) is 4.79 Å². The number of nitrogens with zero attached hydrogens (tertiary/aromatic N) is 2. The predicted molar refractivity (Wildman–Crippen MR) is 123 cm³/mol. The first-order valence-corrected chi connectivity index (χ1v) is 16.5. The third-order valence-corrected chi connectivity index (χ3v) is 15.9. The lowest BCUT2D eigenvalue weighted by atomic mass is 10.1. The molecular weight excluding hydrogens is 438 g/mol. The van der Waals surface area contributed by atoms with Crippen LogP contribution in [-0.2, 0) is 13.6 Å². The minimum Gasteiger partial charge on any atom is -0.414 e. The first-order valence-electron chi connectivity index (χ1n) is 10.7. The highest BCUT2D eigenvalue weighted by molar-refractivity contribution is 6.74. The van der Waals surface area contributed by atoms with E-state index in [1.54, 1.807) is 0 Å². The van der Waals surface area contributed by atoms with Crippen molar-refractivity contribution in [2.24, 2.45) is 0 Å². The number of hydrogen-bond donors (Lipinski definition) is 0. The van der Waals surface area contributed by atoms with E-state index >= 15 is 8.78 Å². The van der Waals surface area contributed by atoms with E-state index in [-0.39, 0.29) is 16.7 Å². The standard InChI is InChI=1S/C21H38F2N2O4Si2/c1-19(2,3)30(7,8)27-14-15-16(29-31(9,10)20(4,5)6)21(22,23)17(28-15)25-13-11-12-24-18(25)26/h11-13,15-17H,14H2,1-10H3/t15-,16-,17-/m1/s1. The molecule has 3 atom stereocenters. The molecule has 1 aliphatic heterocycles. The highest BCUT2D eigenvalue weighted by atomic mass is 28.4. The first-order chi connectivity index (χ1) is 13.8. The molecule has 0 radical (unpaired) electrons. The highest BCUT2D eigenvalue weighted by Gasteiger charge is 2.63. The van der Waals surface area contributed by atoms with Gasteiger partial charge in [-0.15, -0.1) is 0 Å². The second-order valence-corrected chi connectivity index (χ2v) is 20.9. The lowest BCUT2D eigenvalue weighted by Crippen LogP contribution is -2.53. The Hall–Kier alpha value is -0.946. The molecule has 31 heavy (non-hydrogen) atoms. The van der Waals surface area contributed by atoms with Crippen LogP contribution >= 0.6 is 0 Å². The van der Waals surface area contributed by atoms with Gasteiger partial charge in [0.1, 0.15) is 12.2 Å². The molecule has 0 saturated carbocycles. The fourth-order valence-electron chi connectivity index (χ4n) is 2.80. The number of rotatable bonds is 6. The Morgan fingerprint density at radius 3 is 2.13 bits per heavy atom. The summed E-state index contributed by atoms with van der Waals surface area (Å²) in [5.74, 6) is -3.43. The number of halogens is 2. The van der Waals surface area contributed by atoms with Gasteiger partial charge in [-0.05, 0) is 42.3 Å². The van der Waals surface area contributed by atoms with E-state index in [0.29, 0.717) is 0 Å². The summed E-state index contributed by atoms with van der Waals surface area (Å²) in [6.07, 6.45) is -1.77. The molecule has 1 aromatic rings. The quantitative estimate of drug-likeness (QED) is 0.529. The van der Waals surface area contributed by atoms with E-state index < -0.39 is 46.7 Å². The van der Waals surface area contributed by atoms with Gasteiger partial charge in [0, 0.05) is 12.4 Å². The summed E-state index contributed by atoms with van der Waals surface area (Å²) in [7, 11) is -4.77. The molecular formula is C21H38F2N2O4Si2. The van der Waals surface area contributed by atoms with Crippen LogP contribution in [0.2, 0.25) is 36.3 Å². The van der Waals surface area contributed by atoms with Crippen LogP contribution in [0.5, 0.6) is 0 Å². The molecule has 0 aromatic carbocycles. The van der Waals surface area contributed by atoms with Crippen molar-refractivity contribution < 1.29 is 22.4 Å². The summed E-state index contributed by atoms with van der Waals surface area (Å²) in [4.78, 5) is 15.8. The minimum absolute atomic E-state index is 0.0170. The summed E-state index contributed by atoms with van der Waals surface area (Å²) in [6, 6.07) is 1.43. The lowest BCUT2D eigenvalue weighted by molar-refractivity contribution is -0.138. The average Bonchev–Trinajstić information content (AvgIpc) is 2.82. The van der Waals surface area contributed by atoms with Gasteiger partial charge in [-0.2, -0.15) is 8.78 Å². The Kier molecular flexibility index (Phi) is 7.16. The topological polar surface area (TPSA) is 62.6 Å². The zero-order chi connectivity index (χ0) is 24.0.